The Labute approximate surface area is 188 Å². The Morgan fingerprint density at radius 2 is 1.65 bits per heavy atom. The normalized spacial score (nSPS) is 14.5. The molecule has 0 radical (unpaired) electrons. The maximum Gasteiger partial charge on any atom is 0.266 e. The quantitative estimate of drug-likeness (QED) is 0.545. The molecule has 1 aromatic carbocycles. The molecule has 0 N–H and O–H groups in total. The highest BCUT2D eigenvalue weighted by Gasteiger charge is 2.32. The van der Waals surface area contributed by atoms with Crippen molar-refractivity contribution in [3.05, 3.63) is 64.3 Å². The molecule has 2 aromatic heterocycles. The Morgan fingerprint density at radius 1 is 0.935 bits per heavy atom. The van der Waals surface area contributed by atoms with Crippen LogP contribution in [0.4, 0.5) is 5.13 Å². The van der Waals surface area contributed by atoms with Gasteiger partial charge in [-0.3, -0.25) is 9.59 Å². The summed E-state index contributed by atoms with van der Waals surface area (Å²) in [5, 5.41) is 3.76. The van der Waals surface area contributed by atoms with Gasteiger partial charge in [0.05, 0.1) is 9.77 Å². The largest absolute Gasteiger partial charge is 0.338 e. The predicted octanol–water partition coefficient (Wildman–Crippen LogP) is 2.38. The summed E-state index contributed by atoms with van der Waals surface area (Å²) >= 11 is 2.55. The van der Waals surface area contributed by atoms with Crippen LogP contribution in [0.3, 0.4) is 0 Å². The topological polar surface area (TPSA) is 90.9 Å². The van der Waals surface area contributed by atoms with E-state index >= 15 is 0 Å². The van der Waals surface area contributed by atoms with E-state index in [1.807, 2.05) is 11.4 Å². The molecule has 3 aromatic rings. The number of nitrogens with zero attached hydrogens (tertiary/aromatic N) is 4. The Bertz CT molecular complexity index is 1120. The highest BCUT2D eigenvalue weighted by atomic mass is 32.2. The van der Waals surface area contributed by atoms with Gasteiger partial charge in [-0.25, -0.2) is 17.7 Å². The van der Waals surface area contributed by atoms with E-state index in [-0.39, 0.29) is 28.4 Å². The van der Waals surface area contributed by atoms with E-state index in [0.717, 1.165) is 15.6 Å². The number of thiazole rings is 1. The molecule has 4 rings (SSSR count). The van der Waals surface area contributed by atoms with E-state index in [0.29, 0.717) is 31.1 Å². The average molecular weight is 477 g/mol. The summed E-state index contributed by atoms with van der Waals surface area (Å²) in [5.74, 6) is -0.365. The maximum absolute atomic E-state index is 13.2. The highest BCUT2D eigenvalue weighted by molar-refractivity contribution is 7.93. The van der Waals surface area contributed by atoms with E-state index in [1.165, 1.54) is 29.7 Å². The van der Waals surface area contributed by atoms with Gasteiger partial charge in [-0.05, 0) is 23.6 Å². The SMILES string of the molecule is O=C(CN(c1nccs1)S(=O)(=O)c1ccccc1)N1CCN(C(=O)c2cccs2)CC1. The molecule has 31 heavy (non-hydrogen) atoms. The second-order valence-electron chi connectivity index (χ2n) is 6.79. The summed E-state index contributed by atoms with van der Waals surface area (Å²) in [6, 6.07) is 11.6. The van der Waals surface area contributed by atoms with Crippen LogP contribution in [0.25, 0.3) is 0 Å². The van der Waals surface area contributed by atoms with Crippen LogP contribution in [0.15, 0.2) is 64.3 Å². The molecule has 3 heterocycles. The lowest BCUT2D eigenvalue weighted by Gasteiger charge is -2.35. The zero-order chi connectivity index (χ0) is 21.8. The third kappa shape index (κ3) is 4.63. The third-order valence-electron chi connectivity index (χ3n) is 4.89. The second kappa shape index (κ2) is 9.16. The smallest absolute Gasteiger partial charge is 0.266 e. The standard InChI is InChI=1S/C20H20N4O4S3/c25-18(22-9-11-23(12-10-22)19(26)17-7-4-13-29-17)15-24(20-21-8-14-30-20)31(27,28)16-5-2-1-3-6-16/h1-8,13-14H,9-12,15H2. The van der Waals surface area contributed by atoms with Crippen molar-refractivity contribution < 1.29 is 18.0 Å². The van der Waals surface area contributed by atoms with Crippen molar-refractivity contribution >= 4 is 49.6 Å². The summed E-state index contributed by atoms with van der Waals surface area (Å²) < 4.78 is 27.4. The molecule has 2 amide bonds. The third-order valence-corrected chi connectivity index (χ3v) is 8.41. The van der Waals surface area contributed by atoms with Crippen molar-refractivity contribution in [2.45, 2.75) is 4.90 Å². The van der Waals surface area contributed by atoms with E-state index in [9.17, 15) is 18.0 Å². The Hall–Kier alpha value is -2.76. The summed E-state index contributed by atoms with van der Waals surface area (Å²) in [6.07, 6.45) is 1.51. The first-order valence-corrected chi connectivity index (χ1v) is 12.7. The lowest BCUT2D eigenvalue weighted by atomic mass is 10.3. The van der Waals surface area contributed by atoms with Gasteiger partial charge in [0.2, 0.25) is 5.91 Å². The van der Waals surface area contributed by atoms with Crippen LogP contribution in [0.5, 0.6) is 0 Å². The number of hydrogen-bond acceptors (Lipinski definition) is 7. The molecule has 162 valence electrons. The molecular weight excluding hydrogens is 456 g/mol. The first kappa shape index (κ1) is 21.5. The molecule has 0 saturated carbocycles. The van der Waals surface area contributed by atoms with Crippen molar-refractivity contribution in [3.63, 3.8) is 0 Å². The Morgan fingerprint density at radius 3 is 2.26 bits per heavy atom. The summed E-state index contributed by atoms with van der Waals surface area (Å²) in [5.41, 5.74) is 0. The molecule has 0 atom stereocenters. The number of hydrogen-bond donors (Lipinski definition) is 0. The molecule has 1 aliphatic rings. The number of carbonyl (C=O) groups excluding carboxylic acids is 2. The molecule has 0 spiro atoms. The molecular formula is C20H20N4O4S3. The molecule has 1 saturated heterocycles. The van der Waals surface area contributed by atoms with Crippen molar-refractivity contribution in [1.29, 1.82) is 0 Å². The molecule has 8 nitrogen and oxygen atoms in total. The molecule has 11 heteroatoms. The van der Waals surface area contributed by atoms with Gasteiger partial charge >= 0.3 is 0 Å². The van der Waals surface area contributed by atoms with Crippen LogP contribution >= 0.6 is 22.7 Å². The number of sulfonamides is 1. The molecule has 0 unspecified atom stereocenters. The fourth-order valence-corrected chi connectivity index (χ4v) is 6.20. The number of thiophene rings is 1. The van der Waals surface area contributed by atoms with E-state index in [1.54, 1.807) is 39.4 Å². The lowest BCUT2D eigenvalue weighted by molar-refractivity contribution is -0.131. The molecule has 1 aliphatic heterocycles. The molecule has 0 bridgehead atoms. The minimum Gasteiger partial charge on any atom is -0.338 e. The maximum atomic E-state index is 13.2. The van der Waals surface area contributed by atoms with Gasteiger partial charge in [0.15, 0.2) is 5.13 Å². The highest BCUT2D eigenvalue weighted by Crippen LogP contribution is 2.25. The van der Waals surface area contributed by atoms with Crippen LogP contribution in [-0.2, 0) is 14.8 Å². The van der Waals surface area contributed by atoms with Gasteiger partial charge in [-0.15, -0.1) is 22.7 Å². The van der Waals surface area contributed by atoms with Gasteiger partial charge in [0, 0.05) is 37.8 Å². The second-order valence-corrected chi connectivity index (χ2v) is 10.5. The zero-order valence-corrected chi connectivity index (χ0v) is 18.9. The Balaban J connectivity index is 1.46. The molecule has 0 aliphatic carbocycles. The van der Waals surface area contributed by atoms with E-state index in [4.69, 9.17) is 0 Å². The first-order valence-electron chi connectivity index (χ1n) is 9.54. The van der Waals surface area contributed by atoms with Crippen LogP contribution in [0.1, 0.15) is 9.67 Å². The van der Waals surface area contributed by atoms with Crippen molar-refractivity contribution in [1.82, 2.24) is 14.8 Å². The predicted molar refractivity (Wildman–Crippen MR) is 120 cm³/mol. The minimum atomic E-state index is -3.94. The van der Waals surface area contributed by atoms with E-state index in [2.05, 4.69) is 4.98 Å². The van der Waals surface area contributed by atoms with Gasteiger partial charge in [-0.1, -0.05) is 24.3 Å². The number of anilines is 1. The molecule has 1 fully saturated rings. The monoisotopic (exact) mass is 476 g/mol. The van der Waals surface area contributed by atoms with E-state index < -0.39 is 10.0 Å². The van der Waals surface area contributed by atoms with Crippen molar-refractivity contribution in [2.24, 2.45) is 0 Å². The summed E-state index contributed by atoms with van der Waals surface area (Å²) in [6.45, 7) is 1.18. The Kier molecular flexibility index (Phi) is 6.35. The average Bonchev–Trinajstić information content (AvgIpc) is 3.52. The fraction of sp³-hybridized carbons (Fsp3) is 0.250. The number of aromatic nitrogens is 1. The van der Waals surface area contributed by atoms with Crippen molar-refractivity contribution in [2.75, 3.05) is 37.0 Å². The van der Waals surface area contributed by atoms with Gasteiger partial charge in [0.25, 0.3) is 15.9 Å². The minimum absolute atomic E-state index is 0.0434. The number of amides is 2. The number of benzene rings is 1. The lowest BCUT2D eigenvalue weighted by Crippen LogP contribution is -2.53. The van der Waals surface area contributed by atoms with Crippen LogP contribution in [0.2, 0.25) is 0 Å². The van der Waals surface area contributed by atoms with Crippen LogP contribution < -0.4 is 4.31 Å². The first-order chi connectivity index (χ1) is 15.0. The van der Waals surface area contributed by atoms with Gasteiger partial charge < -0.3 is 9.80 Å². The van der Waals surface area contributed by atoms with Crippen molar-refractivity contribution in [3.8, 4) is 0 Å². The van der Waals surface area contributed by atoms with Crippen LogP contribution in [0, 0.1) is 0 Å². The zero-order valence-electron chi connectivity index (χ0n) is 16.5. The fourth-order valence-electron chi connectivity index (χ4n) is 3.25. The number of piperazine rings is 1. The number of rotatable bonds is 6. The number of carbonyl (C=O) groups is 2. The van der Waals surface area contributed by atoms with Gasteiger partial charge in [0.1, 0.15) is 6.54 Å². The summed E-state index contributed by atoms with van der Waals surface area (Å²) in [7, 11) is -3.94. The van der Waals surface area contributed by atoms with Crippen LogP contribution in [-0.4, -0.2) is 67.7 Å². The summed E-state index contributed by atoms with van der Waals surface area (Å²) in [4.78, 5) is 33.7. The van der Waals surface area contributed by atoms with Gasteiger partial charge in [-0.2, -0.15) is 0 Å².